The van der Waals surface area contributed by atoms with Crippen LogP contribution in [0.4, 0.5) is 5.69 Å². The summed E-state index contributed by atoms with van der Waals surface area (Å²) >= 11 is 0. The summed E-state index contributed by atoms with van der Waals surface area (Å²) < 4.78 is 6.46. The van der Waals surface area contributed by atoms with Crippen LogP contribution in [0.25, 0.3) is 17.2 Å². The summed E-state index contributed by atoms with van der Waals surface area (Å²) in [6, 6.07) is 19.0. The zero-order valence-electron chi connectivity index (χ0n) is 16.2. The minimum Gasteiger partial charge on any atom is -0.481 e. The van der Waals surface area contributed by atoms with E-state index in [0.29, 0.717) is 0 Å². The molecule has 0 saturated heterocycles. The molecular weight excluding hydrogens is 330 g/mol. The number of nitrogens with one attached hydrogen (secondary N) is 1. The van der Waals surface area contributed by atoms with Crippen molar-refractivity contribution in [1.82, 2.24) is 0 Å². The molecule has 0 amide bonds. The van der Waals surface area contributed by atoms with Crippen molar-refractivity contribution in [2.24, 2.45) is 0 Å². The molecule has 2 nitrogen and oxygen atoms in total. The third kappa shape index (κ3) is 3.02. The SMILES string of the molecule is C=Cc1ccc(-c2c(C)c(C)c3c(c2C)NCC(c2ccccc2)O3)cc1. The standard InChI is InChI=1S/C25H25NO/c1-5-19-11-13-21(14-12-19)23-16(2)17(3)25-24(18(23)4)26-15-22(27-25)20-9-7-6-8-10-20/h5-14,22,26H,1,15H2,2-4H3. The fourth-order valence-corrected chi connectivity index (χ4v) is 3.93. The Morgan fingerprint density at radius 1 is 0.926 bits per heavy atom. The van der Waals surface area contributed by atoms with Crippen LogP contribution < -0.4 is 10.1 Å². The van der Waals surface area contributed by atoms with Crippen molar-refractivity contribution >= 4 is 11.8 Å². The van der Waals surface area contributed by atoms with Crippen LogP contribution in [0.1, 0.15) is 33.9 Å². The van der Waals surface area contributed by atoms with E-state index in [-0.39, 0.29) is 6.10 Å². The summed E-state index contributed by atoms with van der Waals surface area (Å²) in [5, 5.41) is 3.64. The predicted octanol–water partition coefficient (Wildman–Crippen LogP) is 6.47. The van der Waals surface area contributed by atoms with Crippen molar-refractivity contribution in [3.63, 3.8) is 0 Å². The fourth-order valence-electron chi connectivity index (χ4n) is 3.93. The van der Waals surface area contributed by atoms with Crippen LogP contribution in [0.2, 0.25) is 0 Å². The highest BCUT2D eigenvalue weighted by molar-refractivity contribution is 5.83. The summed E-state index contributed by atoms with van der Waals surface area (Å²) in [7, 11) is 0. The average Bonchev–Trinajstić information content (AvgIpc) is 2.73. The van der Waals surface area contributed by atoms with Crippen LogP contribution >= 0.6 is 0 Å². The van der Waals surface area contributed by atoms with Crippen molar-refractivity contribution < 1.29 is 4.74 Å². The maximum absolute atomic E-state index is 6.46. The predicted molar refractivity (Wildman–Crippen MR) is 114 cm³/mol. The molecule has 136 valence electrons. The first-order chi connectivity index (χ1) is 13.1. The van der Waals surface area contributed by atoms with Crippen molar-refractivity contribution in [2.75, 3.05) is 11.9 Å². The zero-order chi connectivity index (χ0) is 19.0. The van der Waals surface area contributed by atoms with Crippen molar-refractivity contribution in [2.45, 2.75) is 26.9 Å². The third-order valence-electron chi connectivity index (χ3n) is 5.59. The molecule has 4 rings (SSSR count). The summed E-state index contributed by atoms with van der Waals surface area (Å²) in [6.45, 7) is 11.1. The summed E-state index contributed by atoms with van der Waals surface area (Å²) in [4.78, 5) is 0. The average molecular weight is 355 g/mol. The van der Waals surface area contributed by atoms with Gasteiger partial charge in [0.25, 0.3) is 0 Å². The van der Waals surface area contributed by atoms with Gasteiger partial charge in [0, 0.05) is 0 Å². The van der Waals surface area contributed by atoms with Gasteiger partial charge in [0.2, 0.25) is 0 Å². The van der Waals surface area contributed by atoms with Gasteiger partial charge in [0.15, 0.2) is 0 Å². The van der Waals surface area contributed by atoms with Gasteiger partial charge >= 0.3 is 0 Å². The Bertz CT molecular complexity index is 987. The van der Waals surface area contributed by atoms with Gasteiger partial charge in [-0.15, -0.1) is 0 Å². The molecule has 3 aromatic carbocycles. The molecule has 1 atom stereocenters. The van der Waals surface area contributed by atoms with E-state index in [9.17, 15) is 0 Å². The van der Waals surface area contributed by atoms with Gasteiger partial charge in [0.1, 0.15) is 11.9 Å². The molecule has 0 saturated carbocycles. The molecule has 3 aromatic rings. The van der Waals surface area contributed by atoms with Gasteiger partial charge in [-0.25, -0.2) is 0 Å². The Hall–Kier alpha value is -3.00. The van der Waals surface area contributed by atoms with E-state index in [1.807, 2.05) is 12.1 Å². The second kappa shape index (κ2) is 6.96. The molecule has 0 bridgehead atoms. The smallest absolute Gasteiger partial charge is 0.146 e. The molecular formula is C25H25NO. The van der Waals surface area contributed by atoms with E-state index >= 15 is 0 Å². The van der Waals surface area contributed by atoms with Crippen molar-refractivity contribution in [3.8, 4) is 16.9 Å². The van der Waals surface area contributed by atoms with Gasteiger partial charge in [0.05, 0.1) is 12.2 Å². The molecule has 1 aliphatic heterocycles. The summed E-state index contributed by atoms with van der Waals surface area (Å²) in [5.41, 5.74) is 9.69. The number of fused-ring (bicyclic) bond motifs is 1. The number of ether oxygens (including phenoxy) is 1. The van der Waals surface area contributed by atoms with Crippen molar-refractivity contribution in [1.29, 1.82) is 0 Å². The second-order valence-corrected chi connectivity index (χ2v) is 7.18. The molecule has 0 aliphatic carbocycles. The number of anilines is 1. The first-order valence-electron chi connectivity index (χ1n) is 9.42. The van der Waals surface area contributed by atoms with Crippen LogP contribution in [-0.2, 0) is 0 Å². The van der Waals surface area contributed by atoms with Gasteiger partial charge < -0.3 is 10.1 Å². The molecule has 2 heteroatoms. The lowest BCUT2D eigenvalue weighted by atomic mass is 9.89. The first-order valence-corrected chi connectivity index (χ1v) is 9.42. The molecule has 1 N–H and O–H groups in total. The topological polar surface area (TPSA) is 21.3 Å². The Morgan fingerprint density at radius 2 is 1.63 bits per heavy atom. The van der Waals surface area contributed by atoms with Crippen LogP contribution in [0.15, 0.2) is 61.2 Å². The van der Waals surface area contributed by atoms with E-state index < -0.39 is 0 Å². The molecule has 1 aliphatic rings. The fraction of sp³-hybridized carbons (Fsp3) is 0.200. The Balaban J connectivity index is 1.78. The van der Waals surface area contributed by atoms with Crippen molar-refractivity contribution in [3.05, 3.63) is 89.0 Å². The Kier molecular flexibility index (Phi) is 4.49. The third-order valence-corrected chi connectivity index (χ3v) is 5.59. The van der Waals surface area contributed by atoms with Gasteiger partial charge in [-0.05, 0) is 59.7 Å². The van der Waals surface area contributed by atoms with E-state index in [2.05, 4.69) is 81.2 Å². The van der Waals surface area contributed by atoms with E-state index in [1.165, 1.54) is 33.4 Å². The first kappa shape index (κ1) is 17.4. The van der Waals surface area contributed by atoms with Crippen LogP contribution in [0.5, 0.6) is 5.75 Å². The molecule has 0 aromatic heterocycles. The lowest BCUT2D eigenvalue weighted by molar-refractivity contribution is 0.208. The van der Waals surface area contributed by atoms with Gasteiger partial charge in [-0.2, -0.15) is 0 Å². The largest absolute Gasteiger partial charge is 0.481 e. The van der Waals surface area contributed by atoms with E-state index in [1.54, 1.807) is 0 Å². The highest BCUT2D eigenvalue weighted by Gasteiger charge is 2.27. The monoisotopic (exact) mass is 355 g/mol. The Morgan fingerprint density at radius 3 is 2.30 bits per heavy atom. The number of benzene rings is 3. The zero-order valence-corrected chi connectivity index (χ0v) is 16.2. The molecule has 0 radical (unpaired) electrons. The lowest BCUT2D eigenvalue weighted by Crippen LogP contribution is -2.25. The van der Waals surface area contributed by atoms with Crippen LogP contribution in [-0.4, -0.2) is 6.54 Å². The highest BCUT2D eigenvalue weighted by atomic mass is 16.5. The van der Waals surface area contributed by atoms with Crippen LogP contribution in [0.3, 0.4) is 0 Å². The number of hydrogen-bond donors (Lipinski definition) is 1. The van der Waals surface area contributed by atoms with Gasteiger partial charge in [-0.3, -0.25) is 0 Å². The van der Waals surface area contributed by atoms with Gasteiger partial charge in [-0.1, -0.05) is 67.3 Å². The quantitative estimate of drug-likeness (QED) is 0.581. The molecule has 1 unspecified atom stereocenters. The maximum Gasteiger partial charge on any atom is 0.146 e. The maximum atomic E-state index is 6.46. The minimum atomic E-state index is 0.0360. The molecule has 1 heterocycles. The molecule has 0 fully saturated rings. The summed E-state index contributed by atoms with van der Waals surface area (Å²) in [5.74, 6) is 0.983. The molecule has 27 heavy (non-hydrogen) atoms. The number of hydrogen-bond acceptors (Lipinski definition) is 2. The minimum absolute atomic E-state index is 0.0360. The van der Waals surface area contributed by atoms with E-state index in [0.717, 1.165) is 23.5 Å². The molecule has 0 spiro atoms. The second-order valence-electron chi connectivity index (χ2n) is 7.18. The Labute approximate surface area is 161 Å². The summed E-state index contributed by atoms with van der Waals surface area (Å²) in [6.07, 6.45) is 1.91. The number of rotatable bonds is 3. The normalized spacial score (nSPS) is 15.4. The van der Waals surface area contributed by atoms with Crippen LogP contribution in [0, 0.1) is 20.8 Å². The highest BCUT2D eigenvalue weighted by Crippen LogP contribution is 2.45. The van der Waals surface area contributed by atoms with E-state index in [4.69, 9.17) is 4.74 Å². The lowest BCUT2D eigenvalue weighted by Gasteiger charge is -2.32.